The number of nitrogens with zero attached hydrogens (tertiary/aromatic N) is 1. The molecule has 0 aliphatic carbocycles. The minimum absolute atomic E-state index is 0.00206. The van der Waals surface area contributed by atoms with Crippen molar-refractivity contribution in [3.63, 3.8) is 0 Å². The molecule has 0 spiro atoms. The van der Waals surface area contributed by atoms with Gasteiger partial charge < -0.3 is 24.8 Å². The van der Waals surface area contributed by atoms with Crippen LogP contribution in [0, 0.1) is 5.92 Å². The van der Waals surface area contributed by atoms with Crippen LogP contribution in [0.5, 0.6) is 11.5 Å². The fourth-order valence-electron chi connectivity index (χ4n) is 3.39. The summed E-state index contributed by atoms with van der Waals surface area (Å²) < 4.78 is 16.7. The van der Waals surface area contributed by atoms with Crippen LogP contribution in [0.4, 0.5) is 0 Å². The lowest BCUT2D eigenvalue weighted by atomic mass is 9.74. The van der Waals surface area contributed by atoms with Crippen LogP contribution >= 0.6 is 0 Å². The maximum Gasteiger partial charge on any atom is 0.231 e. The first-order valence-electron chi connectivity index (χ1n) is 9.49. The molecule has 1 unspecified atom stereocenters. The van der Waals surface area contributed by atoms with Gasteiger partial charge in [-0.3, -0.25) is 4.99 Å². The lowest BCUT2D eigenvalue weighted by Crippen LogP contribution is -2.50. The van der Waals surface area contributed by atoms with Crippen molar-refractivity contribution in [1.82, 2.24) is 10.6 Å². The highest BCUT2D eigenvalue weighted by Gasteiger charge is 2.36. The lowest BCUT2D eigenvalue weighted by molar-refractivity contribution is 0.0513. The van der Waals surface area contributed by atoms with E-state index in [-0.39, 0.29) is 5.41 Å². The number of guanidine groups is 1. The zero-order valence-corrected chi connectivity index (χ0v) is 16.3. The molecule has 2 heterocycles. The van der Waals surface area contributed by atoms with Gasteiger partial charge in [-0.05, 0) is 43.4 Å². The number of fused-ring (bicyclic) bond motifs is 1. The van der Waals surface area contributed by atoms with E-state index in [1.54, 1.807) is 0 Å². The largest absolute Gasteiger partial charge is 0.454 e. The zero-order valence-electron chi connectivity index (χ0n) is 16.3. The molecule has 1 fully saturated rings. The second-order valence-corrected chi connectivity index (χ2v) is 7.56. The molecule has 0 aromatic heterocycles. The van der Waals surface area contributed by atoms with E-state index in [4.69, 9.17) is 14.2 Å². The predicted molar refractivity (Wildman–Crippen MR) is 103 cm³/mol. The molecule has 6 nitrogen and oxygen atoms in total. The van der Waals surface area contributed by atoms with E-state index in [2.05, 4.69) is 48.5 Å². The fourth-order valence-corrected chi connectivity index (χ4v) is 3.39. The molecule has 0 saturated carbocycles. The van der Waals surface area contributed by atoms with Gasteiger partial charge in [-0.2, -0.15) is 0 Å². The van der Waals surface area contributed by atoms with Gasteiger partial charge in [-0.25, -0.2) is 0 Å². The molecule has 144 valence electrons. The summed E-state index contributed by atoms with van der Waals surface area (Å²) in [5.41, 5.74) is 1.27. The molecule has 0 radical (unpaired) electrons. The summed E-state index contributed by atoms with van der Waals surface area (Å²) in [6.45, 7) is 9.24. The van der Waals surface area contributed by atoms with Gasteiger partial charge >= 0.3 is 0 Å². The summed E-state index contributed by atoms with van der Waals surface area (Å²) >= 11 is 0. The van der Waals surface area contributed by atoms with E-state index < -0.39 is 0 Å². The highest BCUT2D eigenvalue weighted by Crippen LogP contribution is 2.40. The molecule has 1 atom stereocenters. The van der Waals surface area contributed by atoms with E-state index >= 15 is 0 Å². The molecule has 26 heavy (non-hydrogen) atoms. The first kappa shape index (κ1) is 18.8. The molecule has 1 aromatic rings. The van der Waals surface area contributed by atoms with Gasteiger partial charge in [0.05, 0.1) is 0 Å². The van der Waals surface area contributed by atoms with Gasteiger partial charge in [-0.1, -0.05) is 19.9 Å². The van der Waals surface area contributed by atoms with E-state index in [1.165, 1.54) is 5.56 Å². The van der Waals surface area contributed by atoms with E-state index in [9.17, 15) is 0 Å². The van der Waals surface area contributed by atoms with Crippen molar-refractivity contribution in [2.24, 2.45) is 10.9 Å². The molecule has 0 amide bonds. The Morgan fingerprint density at radius 2 is 1.88 bits per heavy atom. The second kappa shape index (κ2) is 8.16. The van der Waals surface area contributed by atoms with Crippen LogP contribution in [-0.2, 0) is 10.2 Å². The molecule has 2 aliphatic rings. The Kier molecular flexibility index (Phi) is 5.91. The number of rotatable bonds is 5. The molecular weight excluding hydrogens is 330 g/mol. The van der Waals surface area contributed by atoms with Gasteiger partial charge in [0, 0.05) is 38.3 Å². The normalized spacial score (nSPS) is 20.1. The standard InChI is InChI=1S/C20H31N3O3/c1-14(2)15(3)23-19(21-4)22-12-20(7-9-24-10-8-20)16-5-6-17-18(11-16)26-13-25-17/h5-6,11,14-15H,7-10,12-13H2,1-4H3,(H2,21,22,23). The molecule has 1 aromatic carbocycles. The van der Waals surface area contributed by atoms with Crippen molar-refractivity contribution in [3.8, 4) is 11.5 Å². The van der Waals surface area contributed by atoms with Crippen LogP contribution in [0.3, 0.4) is 0 Å². The van der Waals surface area contributed by atoms with Crippen molar-refractivity contribution in [1.29, 1.82) is 0 Å². The number of nitrogens with one attached hydrogen (secondary N) is 2. The molecular formula is C20H31N3O3. The van der Waals surface area contributed by atoms with Crippen molar-refractivity contribution in [2.45, 2.75) is 45.1 Å². The van der Waals surface area contributed by atoms with Crippen molar-refractivity contribution in [3.05, 3.63) is 23.8 Å². The Labute approximate surface area is 156 Å². The predicted octanol–water partition coefficient (Wildman–Crippen LogP) is 2.67. The monoisotopic (exact) mass is 361 g/mol. The summed E-state index contributed by atoms with van der Waals surface area (Å²) in [7, 11) is 1.82. The van der Waals surface area contributed by atoms with Gasteiger partial charge in [0.2, 0.25) is 6.79 Å². The maximum absolute atomic E-state index is 5.64. The third kappa shape index (κ3) is 4.06. The van der Waals surface area contributed by atoms with Crippen LogP contribution < -0.4 is 20.1 Å². The van der Waals surface area contributed by atoms with Crippen molar-refractivity contribution >= 4 is 5.96 Å². The van der Waals surface area contributed by atoms with Gasteiger partial charge in [-0.15, -0.1) is 0 Å². The zero-order chi connectivity index (χ0) is 18.6. The number of ether oxygens (including phenoxy) is 3. The highest BCUT2D eigenvalue weighted by molar-refractivity contribution is 5.80. The SMILES string of the molecule is CN=C(NCC1(c2ccc3c(c2)OCO3)CCOCC1)NC(C)C(C)C. The topological polar surface area (TPSA) is 64.1 Å². The van der Waals surface area contributed by atoms with E-state index in [0.717, 1.165) is 50.1 Å². The minimum Gasteiger partial charge on any atom is -0.454 e. The fraction of sp³-hybridized carbons (Fsp3) is 0.650. The smallest absolute Gasteiger partial charge is 0.231 e. The van der Waals surface area contributed by atoms with Gasteiger partial charge in [0.15, 0.2) is 17.5 Å². The van der Waals surface area contributed by atoms with Crippen LogP contribution in [0.1, 0.15) is 39.2 Å². The summed E-state index contributed by atoms with van der Waals surface area (Å²) in [6, 6.07) is 6.66. The van der Waals surface area contributed by atoms with Gasteiger partial charge in [0.25, 0.3) is 0 Å². The number of hydrogen-bond acceptors (Lipinski definition) is 4. The second-order valence-electron chi connectivity index (χ2n) is 7.56. The summed E-state index contributed by atoms with van der Waals surface area (Å²) in [5, 5.41) is 7.02. The van der Waals surface area contributed by atoms with Crippen LogP contribution in [-0.4, -0.2) is 45.6 Å². The lowest BCUT2D eigenvalue weighted by Gasteiger charge is -2.38. The van der Waals surface area contributed by atoms with Crippen molar-refractivity contribution < 1.29 is 14.2 Å². The quantitative estimate of drug-likeness (QED) is 0.624. The summed E-state index contributed by atoms with van der Waals surface area (Å²) in [5.74, 6) is 3.05. The summed E-state index contributed by atoms with van der Waals surface area (Å²) in [4.78, 5) is 4.40. The van der Waals surface area contributed by atoms with Crippen LogP contribution in [0.15, 0.2) is 23.2 Å². The molecule has 6 heteroatoms. The Bertz CT molecular complexity index is 639. The Balaban J connectivity index is 1.75. The Hall–Kier alpha value is -1.95. The van der Waals surface area contributed by atoms with Crippen LogP contribution in [0.2, 0.25) is 0 Å². The maximum atomic E-state index is 5.64. The third-order valence-electron chi connectivity index (χ3n) is 5.62. The van der Waals surface area contributed by atoms with E-state index in [1.807, 2.05) is 13.1 Å². The third-order valence-corrected chi connectivity index (χ3v) is 5.62. The molecule has 3 rings (SSSR count). The average molecular weight is 361 g/mol. The van der Waals surface area contributed by atoms with Crippen LogP contribution in [0.25, 0.3) is 0 Å². The van der Waals surface area contributed by atoms with Gasteiger partial charge in [0.1, 0.15) is 0 Å². The summed E-state index contributed by atoms with van der Waals surface area (Å²) in [6.07, 6.45) is 1.94. The number of hydrogen-bond donors (Lipinski definition) is 2. The number of benzene rings is 1. The number of aliphatic imine (C=N–C) groups is 1. The molecule has 2 N–H and O–H groups in total. The first-order valence-corrected chi connectivity index (χ1v) is 9.49. The first-order chi connectivity index (χ1) is 12.5. The Morgan fingerprint density at radius 1 is 1.15 bits per heavy atom. The average Bonchev–Trinajstić information content (AvgIpc) is 3.13. The van der Waals surface area contributed by atoms with Crippen molar-refractivity contribution in [2.75, 3.05) is 33.6 Å². The molecule has 2 aliphatic heterocycles. The minimum atomic E-state index is -0.00206. The van der Waals surface area contributed by atoms with E-state index in [0.29, 0.717) is 18.8 Å². The Morgan fingerprint density at radius 3 is 2.58 bits per heavy atom. The molecule has 0 bridgehead atoms. The molecule has 1 saturated heterocycles. The highest BCUT2D eigenvalue weighted by atomic mass is 16.7.